The van der Waals surface area contributed by atoms with Crippen molar-refractivity contribution in [3.05, 3.63) is 188 Å². The fourth-order valence-electron chi connectivity index (χ4n) is 6.04. The van der Waals surface area contributed by atoms with Gasteiger partial charge in [0, 0.05) is 53.4 Å². The molecule has 3 aromatic heterocycles. The normalized spacial score (nSPS) is 12.2. The molecular formula is C45H31IrN3O-2. The smallest absolute Gasteiger partial charge is 0.0774 e. The summed E-state index contributed by atoms with van der Waals surface area (Å²) in [6.45, 7) is -2.09. The Kier molecular flexibility index (Phi) is 8.24. The monoisotopic (exact) mass is 826 g/mol. The Morgan fingerprint density at radius 3 is 2.10 bits per heavy atom. The van der Waals surface area contributed by atoms with Crippen LogP contribution in [-0.2, 0) is 20.1 Å². The average Bonchev–Trinajstić information content (AvgIpc) is 3.79. The number of hydrogen-bond donors (Lipinski definition) is 0. The van der Waals surface area contributed by atoms with Gasteiger partial charge < -0.3 is 14.0 Å². The molecule has 4 nitrogen and oxygen atoms in total. The van der Waals surface area contributed by atoms with Crippen LogP contribution < -0.4 is 0 Å². The van der Waals surface area contributed by atoms with E-state index in [4.69, 9.17) is 14.9 Å². The fourth-order valence-corrected chi connectivity index (χ4v) is 6.04. The zero-order valence-electron chi connectivity index (χ0n) is 30.7. The number of para-hydroxylation sites is 4. The van der Waals surface area contributed by atoms with E-state index in [9.17, 15) is 0 Å². The first kappa shape index (κ1) is 28.0. The number of rotatable bonds is 5. The van der Waals surface area contributed by atoms with E-state index in [0.717, 1.165) is 67.0 Å². The molecule has 50 heavy (non-hydrogen) atoms. The molecular weight excluding hydrogens is 791 g/mol. The molecule has 0 N–H and O–H groups in total. The van der Waals surface area contributed by atoms with Gasteiger partial charge in [-0.05, 0) is 41.4 Å². The van der Waals surface area contributed by atoms with Gasteiger partial charge in [-0.3, -0.25) is 4.98 Å². The molecule has 0 bridgehead atoms. The van der Waals surface area contributed by atoms with E-state index in [-0.39, 0.29) is 25.7 Å². The molecule has 0 saturated carbocycles. The largest absolute Gasteiger partial charge is 0.557 e. The van der Waals surface area contributed by atoms with E-state index >= 15 is 0 Å². The van der Waals surface area contributed by atoms with Gasteiger partial charge in [-0.15, -0.1) is 42.0 Å². The Morgan fingerprint density at radius 2 is 1.42 bits per heavy atom. The minimum atomic E-state index is -2.09. The maximum absolute atomic E-state index is 8.21. The van der Waals surface area contributed by atoms with Gasteiger partial charge in [0.2, 0.25) is 0 Å². The summed E-state index contributed by atoms with van der Waals surface area (Å²) in [5.41, 5.74) is 10.6. The van der Waals surface area contributed by atoms with Crippen molar-refractivity contribution in [2.75, 3.05) is 0 Å². The van der Waals surface area contributed by atoms with Gasteiger partial charge in [0.05, 0.1) is 23.9 Å². The van der Waals surface area contributed by atoms with Crippen molar-refractivity contribution < 1.29 is 30.0 Å². The topological polar surface area (TPSA) is 43.9 Å². The third kappa shape index (κ3) is 6.45. The van der Waals surface area contributed by atoms with Gasteiger partial charge in [-0.25, -0.2) is 0 Å². The molecule has 0 spiro atoms. The third-order valence-corrected chi connectivity index (χ3v) is 8.32. The Bertz CT molecular complexity index is 2600. The van der Waals surface area contributed by atoms with Crippen molar-refractivity contribution in [3.63, 3.8) is 0 Å². The number of fused-ring (bicyclic) bond motifs is 2. The SMILES string of the molecule is [2H]C([2H])([2H])c1ccc(-c2[c-]cccc2)nc1.[2H]c1ccc2o[c-]c(-c3nc4ccccc4n3-c3c(-c4ccccc4)cccc3-c3ccccc3)c2c1.[Ir]. The molecule has 0 aliphatic carbocycles. The van der Waals surface area contributed by atoms with Crippen molar-refractivity contribution >= 4 is 22.0 Å². The molecule has 0 aliphatic heterocycles. The summed E-state index contributed by atoms with van der Waals surface area (Å²) >= 11 is 0. The standard InChI is InChI=1S/C33H21N2O.C12H10N.Ir/c1-3-12-23(13-4-1)25-17-11-18-26(24-14-5-2-6-15-24)32(25)35-30-20-9-8-19-29(30)34-33(35)28-22-36-31-21-10-7-16-27(28)31;1-10-7-8-12(13-9-10)11-5-3-2-4-6-11;/h1-21H;2-5,7-9H,1H3;/q2*-1;/i7D;1D3;. The molecule has 9 rings (SSSR count). The van der Waals surface area contributed by atoms with Crippen LogP contribution in [0.3, 0.4) is 0 Å². The second-order valence-corrected chi connectivity index (χ2v) is 11.4. The van der Waals surface area contributed by atoms with Crippen LogP contribution >= 0.6 is 0 Å². The summed E-state index contributed by atoms with van der Waals surface area (Å²) < 4.78 is 37.9. The number of benzene rings is 6. The summed E-state index contributed by atoms with van der Waals surface area (Å²) in [4.78, 5) is 9.22. The van der Waals surface area contributed by atoms with Crippen molar-refractivity contribution in [2.45, 2.75) is 6.85 Å². The molecule has 1 radical (unpaired) electrons. The third-order valence-electron chi connectivity index (χ3n) is 8.32. The average molecular weight is 826 g/mol. The van der Waals surface area contributed by atoms with E-state index in [1.807, 2.05) is 60.7 Å². The molecule has 0 fully saturated rings. The molecule has 6 aromatic carbocycles. The van der Waals surface area contributed by atoms with E-state index in [1.54, 1.807) is 24.3 Å². The van der Waals surface area contributed by atoms with Gasteiger partial charge >= 0.3 is 0 Å². The maximum atomic E-state index is 8.21. The Balaban J connectivity index is 0.000000223. The van der Waals surface area contributed by atoms with E-state index < -0.39 is 6.85 Å². The van der Waals surface area contributed by atoms with Gasteiger partial charge in [0.1, 0.15) is 0 Å². The Labute approximate surface area is 310 Å². The van der Waals surface area contributed by atoms with Crippen molar-refractivity contribution in [1.82, 2.24) is 14.5 Å². The van der Waals surface area contributed by atoms with Crippen LogP contribution in [0, 0.1) is 19.2 Å². The van der Waals surface area contributed by atoms with Crippen LogP contribution in [0.5, 0.6) is 0 Å². The number of imidazole rings is 1. The minimum Gasteiger partial charge on any atom is -0.557 e. The number of aryl methyl sites for hydroxylation is 1. The van der Waals surface area contributed by atoms with E-state index in [0.29, 0.717) is 11.6 Å². The number of pyridine rings is 1. The maximum Gasteiger partial charge on any atom is 0.0774 e. The number of hydrogen-bond acceptors (Lipinski definition) is 3. The minimum absolute atomic E-state index is 0. The predicted octanol–water partition coefficient (Wildman–Crippen LogP) is 11.4. The van der Waals surface area contributed by atoms with Gasteiger partial charge in [0.15, 0.2) is 0 Å². The molecule has 5 heteroatoms. The first-order valence-electron chi connectivity index (χ1n) is 17.9. The summed E-state index contributed by atoms with van der Waals surface area (Å²) in [5.74, 6) is 0.728. The molecule has 0 unspecified atom stereocenters. The van der Waals surface area contributed by atoms with Crippen molar-refractivity contribution in [2.24, 2.45) is 0 Å². The molecule has 0 aliphatic rings. The van der Waals surface area contributed by atoms with Gasteiger partial charge in [-0.2, -0.15) is 0 Å². The van der Waals surface area contributed by atoms with Crippen LogP contribution in [0.2, 0.25) is 0 Å². The number of nitrogens with zero attached hydrogens (tertiary/aromatic N) is 3. The fraction of sp³-hybridized carbons (Fsp3) is 0.0222. The van der Waals surface area contributed by atoms with E-state index in [2.05, 4.69) is 94.7 Å². The van der Waals surface area contributed by atoms with Crippen molar-refractivity contribution in [1.29, 1.82) is 0 Å². The zero-order valence-corrected chi connectivity index (χ0v) is 29.1. The van der Waals surface area contributed by atoms with Crippen molar-refractivity contribution in [3.8, 4) is 50.6 Å². The quantitative estimate of drug-likeness (QED) is 0.162. The van der Waals surface area contributed by atoms with Crippen LogP contribution in [0.4, 0.5) is 0 Å². The van der Waals surface area contributed by atoms with Crippen LogP contribution in [0.25, 0.3) is 72.6 Å². The molecule has 0 saturated heterocycles. The molecule has 0 amide bonds. The van der Waals surface area contributed by atoms with E-state index in [1.165, 1.54) is 6.20 Å². The van der Waals surface area contributed by atoms with Gasteiger partial charge in [-0.1, -0.05) is 132 Å². The molecule has 9 aromatic rings. The molecule has 3 heterocycles. The Hall–Kier alpha value is -5.87. The first-order valence-corrected chi connectivity index (χ1v) is 15.9. The molecule has 0 atom stereocenters. The predicted molar refractivity (Wildman–Crippen MR) is 199 cm³/mol. The second kappa shape index (κ2) is 14.7. The summed E-state index contributed by atoms with van der Waals surface area (Å²) in [6.07, 6.45) is 4.50. The van der Waals surface area contributed by atoms with Crippen LogP contribution in [-0.4, -0.2) is 14.5 Å². The Morgan fingerprint density at radius 1 is 0.700 bits per heavy atom. The second-order valence-electron chi connectivity index (χ2n) is 11.4. The first-order chi connectivity index (χ1) is 25.8. The summed E-state index contributed by atoms with van der Waals surface area (Å²) in [6, 6.07) is 55.0. The summed E-state index contributed by atoms with van der Waals surface area (Å²) in [7, 11) is 0. The van der Waals surface area contributed by atoms with Crippen LogP contribution in [0.15, 0.2) is 174 Å². The zero-order chi connectivity index (χ0) is 36.4. The number of furan rings is 1. The molecule has 243 valence electrons. The number of aromatic nitrogens is 3. The van der Waals surface area contributed by atoms with Crippen LogP contribution in [0.1, 0.15) is 11.0 Å². The van der Waals surface area contributed by atoms with Gasteiger partial charge in [0.25, 0.3) is 0 Å². The summed E-state index contributed by atoms with van der Waals surface area (Å²) in [5, 5.41) is 0.822.